The first kappa shape index (κ1) is 16.7. The number of aromatic nitrogens is 1. The van der Waals surface area contributed by atoms with Crippen molar-refractivity contribution in [1.82, 2.24) is 4.57 Å². The van der Waals surface area contributed by atoms with Gasteiger partial charge in [0.05, 0.1) is 6.61 Å². The monoisotopic (exact) mass is 318 g/mol. The Morgan fingerprint density at radius 2 is 1.87 bits per heavy atom. The minimum atomic E-state index is -1.16. The lowest BCUT2D eigenvalue weighted by atomic mass is 10.1. The number of carboxylic acids is 1. The minimum Gasteiger partial charge on any atom is -0.550 e. The number of aryl methyl sites for hydroxylation is 1. The third-order valence-electron chi connectivity index (χ3n) is 3.39. The van der Waals surface area contributed by atoms with E-state index in [0.29, 0.717) is 11.4 Å². The smallest absolute Gasteiger partial charge is 0.325 e. The Morgan fingerprint density at radius 1 is 1.17 bits per heavy atom. The van der Waals surface area contributed by atoms with Gasteiger partial charge in [-0.2, -0.15) is 0 Å². The first-order chi connectivity index (χ1) is 11.0. The van der Waals surface area contributed by atoms with Crippen molar-refractivity contribution in [2.75, 3.05) is 6.61 Å². The molecule has 0 atom stereocenters. The van der Waals surface area contributed by atoms with Gasteiger partial charge in [0, 0.05) is 17.4 Å². The van der Waals surface area contributed by atoms with E-state index in [-0.39, 0.29) is 31.8 Å². The number of ether oxygens (including phenoxy) is 1. The van der Waals surface area contributed by atoms with Crippen LogP contribution in [0.4, 0.5) is 4.39 Å². The number of halogens is 1. The van der Waals surface area contributed by atoms with Crippen molar-refractivity contribution in [2.24, 2.45) is 0 Å². The van der Waals surface area contributed by atoms with Crippen LogP contribution in [0.15, 0.2) is 36.4 Å². The molecule has 0 aliphatic rings. The highest BCUT2D eigenvalue weighted by molar-refractivity contribution is 5.72. The summed E-state index contributed by atoms with van der Waals surface area (Å²) in [6.07, 6.45) is 0.0959. The summed E-state index contributed by atoms with van der Waals surface area (Å²) in [5.74, 6) is -1.92. The molecular formula is C17H17FNO4-. The highest BCUT2D eigenvalue weighted by Gasteiger charge is 2.14. The maximum atomic E-state index is 13.1. The predicted molar refractivity (Wildman–Crippen MR) is 79.8 cm³/mol. The van der Waals surface area contributed by atoms with E-state index < -0.39 is 11.9 Å². The molecule has 23 heavy (non-hydrogen) atoms. The van der Waals surface area contributed by atoms with Crippen molar-refractivity contribution in [3.63, 3.8) is 0 Å². The Balaban J connectivity index is 2.34. The molecular weight excluding hydrogens is 301 g/mol. The zero-order valence-electron chi connectivity index (χ0n) is 12.8. The van der Waals surface area contributed by atoms with E-state index in [1.165, 1.54) is 12.1 Å². The number of carbonyl (C=O) groups is 2. The van der Waals surface area contributed by atoms with E-state index in [2.05, 4.69) is 0 Å². The molecule has 1 aromatic heterocycles. The molecule has 0 aliphatic carbocycles. The Kier molecular flexibility index (Phi) is 5.51. The van der Waals surface area contributed by atoms with E-state index in [4.69, 9.17) is 4.74 Å². The third kappa shape index (κ3) is 4.42. The Bertz CT molecular complexity index is 691. The van der Waals surface area contributed by atoms with E-state index >= 15 is 0 Å². The van der Waals surface area contributed by atoms with Crippen molar-refractivity contribution in [3.05, 3.63) is 47.9 Å². The zero-order chi connectivity index (χ0) is 16.8. The molecule has 0 radical (unpaired) electrons. The average Bonchev–Trinajstić information content (AvgIpc) is 2.89. The number of aliphatic carboxylic acids is 1. The highest BCUT2D eigenvalue weighted by Crippen LogP contribution is 2.24. The molecule has 0 fully saturated rings. The second kappa shape index (κ2) is 7.58. The molecule has 0 aliphatic heterocycles. The molecule has 2 aromatic rings. The maximum absolute atomic E-state index is 13.1. The van der Waals surface area contributed by atoms with Gasteiger partial charge in [-0.25, -0.2) is 4.39 Å². The Hall–Kier alpha value is -2.63. The normalized spacial score (nSPS) is 10.5. The van der Waals surface area contributed by atoms with Crippen LogP contribution in [-0.4, -0.2) is 23.1 Å². The number of nitrogens with zero attached hydrogens (tertiary/aromatic N) is 1. The molecule has 0 N–H and O–H groups in total. The fourth-order valence-corrected chi connectivity index (χ4v) is 2.35. The predicted octanol–water partition coefficient (Wildman–Crippen LogP) is 1.54. The van der Waals surface area contributed by atoms with Gasteiger partial charge in [0.15, 0.2) is 0 Å². The highest BCUT2D eigenvalue weighted by atomic mass is 19.1. The van der Waals surface area contributed by atoms with E-state index in [9.17, 15) is 19.1 Å². The van der Waals surface area contributed by atoms with Gasteiger partial charge in [-0.3, -0.25) is 4.79 Å². The topological polar surface area (TPSA) is 71.4 Å². The lowest BCUT2D eigenvalue weighted by molar-refractivity contribution is -0.305. The van der Waals surface area contributed by atoms with Crippen molar-refractivity contribution in [3.8, 4) is 11.3 Å². The molecule has 0 amide bonds. The van der Waals surface area contributed by atoms with Gasteiger partial charge in [-0.05, 0) is 61.7 Å². The summed E-state index contributed by atoms with van der Waals surface area (Å²) in [4.78, 5) is 22.5. The van der Waals surface area contributed by atoms with Crippen molar-refractivity contribution in [1.29, 1.82) is 0 Å². The van der Waals surface area contributed by atoms with Crippen LogP contribution in [0.1, 0.15) is 19.0 Å². The van der Waals surface area contributed by atoms with E-state index in [0.717, 1.165) is 5.56 Å². The number of carbonyl (C=O) groups excluding carboxylic acids is 2. The molecule has 0 unspecified atom stereocenters. The number of rotatable bonds is 7. The van der Waals surface area contributed by atoms with Gasteiger partial charge in [0.1, 0.15) is 12.4 Å². The number of benzene rings is 1. The van der Waals surface area contributed by atoms with Crippen molar-refractivity contribution in [2.45, 2.75) is 26.3 Å². The summed E-state index contributed by atoms with van der Waals surface area (Å²) in [5, 5.41) is 10.7. The average molecular weight is 318 g/mol. The minimum absolute atomic E-state index is 0.0318. The van der Waals surface area contributed by atoms with E-state index in [1.54, 1.807) is 35.8 Å². The van der Waals surface area contributed by atoms with Crippen LogP contribution in [0.5, 0.6) is 0 Å². The molecule has 1 aromatic carbocycles. The standard InChI is InChI=1S/C17H18FNO4/c1-2-23-17(22)11-19-14(8-10-16(20)21)7-9-15(19)12-3-5-13(18)6-4-12/h3-7,9H,2,8,10-11H2,1H3,(H,20,21)/p-1. The van der Waals surface area contributed by atoms with Gasteiger partial charge in [-0.15, -0.1) is 0 Å². The molecule has 0 bridgehead atoms. The van der Waals surface area contributed by atoms with Gasteiger partial charge in [0.2, 0.25) is 0 Å². The number of hydrogen-bond acceptors (Lipinski definition) is 4. The van der Waals surface area contributed by atoms with Crippen LogP contribution in [0.2, 0.25) is 0 Å². The molecule has 2 rings (SSSR count). The largest absolute Gasteiger partial charge is 0.550 e. The van der Waals surface area contributed by atoms with Crippen LogP contribution in [0, 0.1) is 5.82 Å². The molecule has 0 spiro atoms. The number of hydrogen-bond donors (Lipinski definition) is 0. The summed E-state index contributed by atoms with van der Waals surface area (Å²) >= 11 is 0. The summed E-state index contributed by atoms with van der Waals surface area (Å²) in [5.41, 5.74) is 2.11. The van der Waals surface area contributed by atoms with Crippen LogP contribution in [-0.2, 0) is 27.3 Å². The fraction of sp³-hybridized carbons (Fsp3) is 0.294. The van der Waals surface area contributed by atoms with Crippen LogP contribution in [0.25, 0.3) is 11.3 Å². The first-order valence-corrected chi connectivity index (χ1v) is 7.31. The van der Waals surface area contributed by atoms with Gasteiger partial charge in [-0.1, -0.05) is 0 Å². The lowest BCUT2D eigenvalue weighted by Crippen LogP contribution is -2.23. The van der Waals surface area contributed by atoms with E-state index in [1.807, 2.05) is 0 Å². The number of esters is 1. The number of carboxylic acid groups (broad SMARTS) is 1. The Labute approximate surface area is 133 Å². The molecule has 122 valence electrons. The molecule has 5 nitrogen and oxygen atoms in total. The van der Waals surface area contributed by atoms with Crippen molar-refractivity contribution >= 4 is 11.9 Å². The third-order valence-corrected chi connectivity index (χ3v) is 3.39. The first-order valence-electron chi connectivity index (χ1n) is 7.31. The summed E-state index contributed by atoms with van der Waals surface area (Å²) in [6, 6.07) is 9.40. The second-order valence-corrected chi connectivity index (χ2v) is 4.98. The molecule has 0 saturated heterocycles. The van der Waals surface area contributed by atoms with Gasteiger partial charge in [0.25, 0.3) is 0 Å². The fourth-order valence-electron chi connectivity index (χ4n) is 2.35. The van der Waals surface area contributed by atoms with Crippen LogP contribution in [0.3, 0.4) is 0 Å². The summed E-state index contributed by atoms with van der Waals surface area (Å²) < 4.78 is 19.7. The quantitative estimate of drug-likeness (QED) is 0.726. The molecule has 1 heterocycles. The van der Waals surface area contributed by atoms with Crippen LogP contribution >= 0.6 is 0 Å². The van der Waals surface area contributed by atoms with Crippen LogP contribution < -0.4 is 5.11 Å². The van der Waals surface area contributed by atoms with Crippen molar-refractivity contribution < 1.29 is 23.8 Å². The summed E-state index contributed by atoms with van der Waals surface area (Å²) in [6.45, 7) is 1.95. The summed E-state index contributed by atoms with van der Waals surface area (Å²) in [7, 11) is 0. The molecule has 0 saturated carbocycles. The SMILES string of the molecule is CCOC(=O)Cn1c(CCC(=O)[O-])ccc1-c1ccc(F)cc1. The maximum Gasteiger partial charge on any atom is 0.325 e. The molecule has 6 heteroatoms. The van der Waals surface area contributed by atoms with Gasteiger partial charge >= 0.3 is 5.97 Å². The Morgan fingerprint density at radius 3 is 2.48 bits per heavy atom. The van der Waals surface area contributed by atoms with Gasteiger partial charge < -0.3 is 19.2 Å². The lowest BCUT2D eigenvalue weighted by Gasteiger charge is -2.13. The second-order valence-electron chi connectivity index (χ2n) is 4.98. The zero-order valence-corrected chi connectivity index (χ0v) is 12.8.